The Labute approximate surface area is 113 Å². The molecule has 1 radical (unpaired) electrons. The van der Waals surface area contributed by atoms with E-state index in [1.807, 2.05) is 48.6 Å². The molecule has 0 saturated carbocycles. The molecule has 3 heteroatoms. The summed E-state index contributed by atoms with van der Waals surface area (Å²) in [4.78, 5) is 0. The number of allylic oxidation sites excluding steroid dienone is 4. The Bertz CT molecular complexity index is 196. The van der Waals surface area contributed by atoms with Crippen LogP contribution in [0, 0.1) is 6.08 Å². The fourth-order valence-electron chi connectivity index (χ4n) is 0.725. The Morgan fingerprint density at radius 1 is 0.786 bits per heavy atom. The largest absolute Gasteiger partial charge is 3.00 e. The van der Waals surface area contributed by atoms with Crippen LogP contribution in [-0.4, -0.2) is 0 Å². The van der Waals surface area contributed by atoms with E-state index in [4.69, 9.17) is 0 Å². The minimum atomic E-state index is 0. The Morgan fingerprint density at radius 2 is 1.21 bits per heavy atom. The number of rotatable bonds is 0. The van der Waals surface area contributed by atoms with Crippen molar-refractivity contribution in [2.45, 2.75) is 6.42 Å². The summed E-state index contributed by atoms with van der Waals surface area (Å²) in [5, 5.41) is 0. The van der Waals surface area contributed by atoms with Crippen LogP contribution in [0.3, 0.4) is 0 Å². The van der Waals surface area contributed by atoms with Crippen LogP contribution in [0.25, 0.3) is 0 Å². The predicted molar refractivity (Wildman–Crippen MR) is 48.0 cm³/mol. The van der Waals surface area contributed by atoms with Gasteiger partial charge in [0.15, 0.2) is 0 Å². The van der Waals surface area contributed by atoms with E-state index in [1.54, 1.807) is 0 Å². The molecule has 2 rings (SSSR count). The van der Waals surface area contributed by atoms with E-state index >= 15 is 0 Å². The maximum atomic E-state index is 2.99. The van der Waals surface area contributed by atoms with Crippen molar-refractivity contribution in [3.8, 4) is 0 Å². The van der Waals surface area contributed by atoms with Gasteiger partial charge in [-0.2, -0.15) is 6.08 Å². The van der Waals surface area contributed by atoms with Crippen LogP contribution in [0.1, 0.15) is 6.42 Å². The quantitative estimate of drug-likeness (QED) is 0.345. The summed E-state index contributed by atoms with van der Waals surface area (Å²) < 4.78 is 0. The van der Waals surface area contributed by atoms with Crippen molar-refractivity contribution >= 4 is 0 Å². The molecule has 1 aliphatic rings. The molecular weight excluding hydrogens is 251 g/mol. The molecule has 1 aliphatic carbocycles. The minimum absolute atomic E-state index is 0. The van der Waals surface area contributed by atoms with Crippen LogP contribution in [-0.2, 0) is 21.7 Å². The average Bonchev–Trinajstić information content (AvgIpc) is 2.64. The van der Waals surface area contributed by atoms with Crippen LogP contribution in [0.5, 0.6) is 0 Å². The van der Waals surface area contributed by atoms with Crippen molar-refractivity contribution in [3.63, 3.8) is 0 Å². The molecule has 0 aliphatic heterocycles. The molecule has 0 N–H and O–H groups in total. The van der Waals surface area contributed by atoms with E-state index in [1.165, 1.54) is 0 Å². The first-order valence-corrected chi connectivity index (χ1v) is 3.72. The summed E-state index contributed by atoms with van der Waals surface area (Å²) in [6, 6.07) is 12.0. The molecule has 0 aromatic heterocycles. The van der Waals surface area contributed by atoms with E-state index in [0.717, 1.165) is 6.42 Å². The van der Waals surface area contributed by atoms with Crippen molar-refractivity contribution in [1.82, 2.24) is 0 Å². The van der Waals surface area contributed by atoms with Crippen molar-refractivity contribution in [2.75, 3.05) is 0 Å². The van der Waals surface area contributed by atoms with Crippen molar-refractivity contribution in [3.05, 3.63) is 60.7 Å². The van der Waals surface area contributed by atoms with E-state index in [-0.39, 0.29) is 46.5 Å². The zero-order valence-electron chi connectivity index (χ0n) is 7.66. The molecule has 0 atom stereocenters. The number of benzene rings is 1. The third-order valence-corrected chi connectivity index (χ3v) is 1.25. The van der Waals surface area contributed by atoms with Gasteiger partial charge in [0, 0.05) is 0 Å². The van der Waals surface area contributed by atoms with Gasteiger partial charge in [0.05, 0.1) is 0 Å². The molecule has 0 unspecified atom stereocenters. The summed E-state index contributed by atoms with van der Waals surface area (Å²) in [6.07, 6.45) is 10.0. The maximum Gasteiger partial charge on any atom is 3.00 e. The summed E-state index contributed by atoms with van der Waals surface area (Å²) in [6.45, 7) is 0. The normalized spacial score (nSPS) is 9.71. The van der Waals surface area contributed by atoms with Crippen LogP contribution in [0.4, 0.5) is 0 Å². The number of hydrogen-bond acceptors (Lipinski definition) is 0. The molecular formula is C11H11Cl2Ti. The molecule has 0 bridgehead atoms. The molecule has 0 nitrogen and oxygen atoms in total. The monoisotopic (exact) mass is 261 g/mol. The second-order valence-corrected chi connectivity index (χ2v) is 2.16. The zero-order valence-corrected chi connectivity index (χ0v) is 10.7. The van der Waals surface area contributed by atoms with Crippen LogP contribution in [0.2, 0.25) is 0 Å². The molecule has 14 heavy (non-hydrogen) atoms. The SMILES string of the molecule is [C-]1=CC=CC1.[Cl-].[Cl-].[Ti+3].c1ccccc1. The molecule has 0 spiro atoms. The second kappa shape index (κ2) is 15.5. The van der Waals surface area contributed by atoms with Gasteiger partial charge >= 0.3 is 21.7 Å². The van der Waals surface area contributed by atoms with Crippen molar-refractivity contribution in [1.29, 1.82) is 0 Å². The minimum Gasteiger partial charge on any atom is -1.00 e. The molecule has 0 saturated heterocycles. The van der Waals surface area contributed by atoms with Crippen LogP contribution >= 0.6 is 0 Å². The van der Waals surface area contributed by atoms with Gasteiger partial charge in [-0.3, -0.25) is 6.08 Å². The molecule has 1 aromatic carbocycles. The fraction of sp³-hybridized carbons (Fsp3) is 0.0909. The topological polar surface area (TPSA) is 0 Å². The molecule has 0 amide bonds. The molecule has 0 heterocycles. The summed E-state index contributed by atoms with van der Waals surface area (Å²) in [5.74, 6) is 0. The molecule has 1 aromatic rings. The number of hydrogen-bond donors (Lipinski definition) is 0. The van der Waals surface area contributed by atoms with Crippen molar-refractivity contribution in [2.24, 2.45) is 0 Å². The maximum absolute atomic E-state index is 2.99. The Balaban J connectivity index is -0.000000144. The van der Waals surface area contributed by atoms with Crippen molar-refractivity contribution < 1.29 is 46.5 Å². The second-order valence-electron chi connectivity index (χ2n) is 2.16. The third-order valence-electron chi connectivity index (χ3n) is 1.25. The zero-order chi connectivity index (χ0) is 7.78. The Kier molecular flexibility index (Phi) is 21.6. The summed E-state index contributed by atoms with van der Waals surface area (Å²) >= 11 is 0. The van der Waals surface area contributed by atoms with E-state index < -0.39 is 0 Å². The van der Waals surface area contributed by atoms with Gasteiger partial charge in [0.1, 0.15) is 0 Å². The molecule has 73 valence electrons. The molecule has 0 fully saturated rings. The Morgan fingerprint density at radius 3 is 1.36 bits per heavy atom. The van der Waals surface area contributed by atoms with Gasteiger partial charge in [-0.05, 0) is 0 Å². The van der Waals surface area contributed by atoms with Gasteiger partial charge in [0.25, 0.3) is 0 Å². The summed E-state index contributed by atoms with van der Waals surface area (Å²) in [5.41, 5.74) is 0. The van der Waals surface area contributed by atoms with E-state index in [2.05, 4.69) is 12.2 Å². The van der Waals surface area contributed by atoms with Crippen LogP contribution in [0.15, 0.2) is 54.6 Å². The van der Waals surface area contributed by atoms with E-state index in [0.29, 0.717) is 0 Å². The number of halogens is 2. The average molecular weight is 262 g/mol. The first-order valence-electron chi connectivity index (χ1n) is 3.72. The first kappa shape index (κ1) is 19.5. The standard InChI is InChI=1S/C6H6.C5H5.2ClH.Ti/c1-2-4-6-5-3-1;1-2-4-5-3-1;;;/h1-6H;1-3H,4H2;2*1H;/q;-1;;;+3/p-2. The first-order chi connectivity index (χ1) is 5.50. The van der Waals surface area contributed by atoms with Gasteiger partial charge in [0.2, 0.25) is 0 Å². The predicted octanol–water partition coefficient (Wildman–Crippen LogP) is -3.00. The van der Waals surface area contributed by atoms with Gasteiger partial charge < -0.3 is 24.8 Å². The van der Waals surface area contributed by atoms with Gasteiger partial charge in [-0.1, -0.05) is 36.4 Å². The van der Waals surface area contributed by atoms with Crippen LogP contribution < -0.4 is 24.8 Å². The third kappa shape index (κ3) is 12.0. The smallest absolute Gasteiger partial charge is 1.00 e. The van der Waals surface area contributed by atoms with Gasteiger partial charge in [-0.15, -0.1) is 6.42 Å². The Hall–Kier alpha value is -0.00571. The fourth-order valence-corrected chi connectivity index (χ4v) is 0.725. The summed E-state index contributed by atoms with van der Waals surface area (Å²) in [7, 11) is 0. The van der Waals surface area contributed by atoms with Gasteiger partial charge in [-0.25, -0.2) is 12.2 Å². The van der Waals surface area contributed by atoms with E-state index in [9.17, 15) is 0 Å².